The second kappa shape index (κ2) is 13.9. The van der Waals surface area contributed by atoms with Crippen LogP contribution in [0.3, 0.4) is 0 Å². The molecule has 5 aromatic rings. The van der Waals surface area contributed by atoms with Gasteiger partial charge in [0.2, 0.25) is 33.4 Å². The van der Waals surface area contributed by atoms with Gasteiger partial charge in [0.05, 0.1) is 17.2 Å². The Kier molecular flexibility index (Phi) is 8.74. The van der Waals surface area contributed by atoms with Gasteiger partial charge in [-0.3, -0.25) is 24.8 Å². The lowest BCUT2D eigenvalue weighted by Gasteiger charge is -2.52. The lowest BCUT2D eigenvalue weighted by atomic mass is 9.60. The molecule has 3 aromatic heterocycles. The number of rotatable bonds is 10. The maximum Gasteiger partial charge on any atom is 0.255 e. The number of aryl methyl sites for hydroxylation is 1. The molecule has 2 aromatic carbocycles. The van der Waals surface area contributed by atoms with Crippen LogP contribution in [0.5, 0.6) is 5.75 Å². The highest BCUT2D eigenvalue weighted by Gasteiger charge is 2.47. The number of aromatic amines is 1. The van der Waals surface area contributed by atoms with Gasteiger partial charge in [0.25, 0.3) is 5.91 Å². The molecule has 0 radical (unpaired) electrons. The first kappa shape index (κ1) is 36.5. The first-order valence-electron chi connectivity index (χ1n) is 19.8. The number of benzene rings is 2. The normalized spacial score (nSPS) is 20.9. The van der Waals surface area contributed by atoms with Gasteiger partial charge in [-0.25, -0.2) is 18.1 Å². The zero-order chi connectivity index (χ0) is 39.8. The fraction of sp³-hybridized carbons (Fsp3) is 0.425. The summed E-state index contributed by atoms with van der Waals surface area (Å²) in [4.78, 5) is 50.7. The van der Waals surface area contributed by atoms with Crippen molar-refractivity contribution in [3.8, 4) is 17.0 Å². The summed E-state index contributed by atoms with van der Waals surface area (Å²) in [6, 6.07) is 10.1. The number of carbonyl (C=O) groups excluding carboxylic acids is 3. The van der Waals surface area contributed by atoms with Crippen molar-refractivity contribution in [2.75, 3.05) is 23.3 Å². The molecule has 300 valence electrons. The molecule has 2 aliphatic carbocycles. The van der Waals surface area contributed by atoms with E-state index in [1.165, 1.54) is 0 Å². The van der Waals surface area contributed by atoms with E-state index < -0.39 is 22.0 Å². The van der Waals surface area contributed by atoms with Gasteiger partial charge in [-0.05, 0) is 111 Å². The van der Waals surface area contributed by atoms with E-state index in [0.29, 0.717) is 47.3 Å². The van der Waals surface area contributed by atoms with Crippen LogP contribution in [0.4, 0.5) is 17.3 Å². The zero-order valence-electron chi connectivity index (χ0n) is 31.9. The average Bonchev–Trinajstić information content (AvgIpc) is 3.93. The molecule has 5 aliphatic rings. The SMILES string of the molecule is Cc1cc(S(=O)(=O)NC2CC3(CCN(c4ccc5c(c4)CN(C4CCC(=O)NC4=O)C5=O)CC3)C2)ccc1Nc1nc2c(OC3CCC3)c(-c3cn[nH]c3)ncn2n1. The lowest BCUT2D eigenvalue weighted by Crippen LogP contribution is -2.54. The number of sulfonamides is 1. The van der Waals surface area contributed by atoms with E-state index in [1.54, 1.807) is 46.3 Å². The van der Waals surface area contributed by atoms with Crippen LogP contribution in [-0.2, 0) is 26.2 Å². The molecule has 2 saturated heterocycles. The lowest BCUT2D eigenvalue weighted by molar-refractivity contribution is -0.136. The van der Waals surface area contributed by atoms with Crippen LogP contribution in [0, 0.1) is 12.3 Å². The van der Waals surface area contributed by atoms with E-state index in [0.717, 1.165) is 80.4 Å². The molecule has 58 heavy (non-hydrogen) atoms. The number of anilines is 3. The molecule has 0 bridgehead atoms. The highest BCUT2D eigenvalue weighted by molar-refractivity contribution is 7.89. The van der Waals surface area contributed by atoms with E-state index in [1.807, 2.05) is 25.1 Å². The first-order chi connectivity index (χ1) is 28.0. The maximum atomic E-state index is 13.6. The number of hydrogen-bond donors (Lipinski definition) is 4. The van der Waals surface area contributed by atoms with Crippen LogP contribution in [0.15, 0.2) is 60.0 Å². The van der Waals surface area contributed by atoms with Crippen molar-refractivity contribution in [3.05, 3.63) is 71.8 Å². The number of imide groups is 1. The third-order valence-electron chi connectivity index (χ3n) is 12.6. The summed E-state index contributed by atoms with van der Waals surface area (Å²) in [7, 11) is -3.76. The summed E-state index contributed by atoms with van der Waals surface area (Å²) in [5.74, 6) is -0.0245. The van der Waals surface area contributed by atoms with Gasteiger partial charge in [0, 0.05) is 60.8 Å². The Labute approximate surface area is 334 Å². The van der Waals surface area contributed by atoms with Crippen LogP contribution in [-0.4, -0.2) is 92.1 Å². The summed E-state index contributed by atoms with van der Waals surface area (Å²) < 4.78 is 38.0. The number of ether oxygens (including phenoxy) is 1. The van der Waals surface area contributed by atoms with Crippen LogP contribution >= 0.6 is 0 Å². The fourth-order valence-corrected chi connectivity index (χ4v) is 10.4. The van der Waals surface area contributed by atoms with Crippen LogP contribution in [0.1, 0.15) is 79.3 Å². The van der Waals surface area contributed by atoms with E-state index in [-0.39, 0.29) is 40.7 Å². The summed E-state index contributed by atoms with van der Waals surface area (Å²) >= 11 is 0. The van der Waals surface area contributed by atoms with E-state index in [9.17, 15) is 22.8 Å². The van der Waals surface area contributed by atoms with Crippen molar-refractivity contribution in [2.45, 2.75) is 94.3 Å². The minimum absolute atomic E-state index is 0.0847. The molecule has 6 heterocycles. The van der Waals surface area contributed by atoms with Crippen LogP contribution < -0.4 is 25.0 Å². The molecule has 1 atom stereocenters. The van der Waals surface area contributed by atoms with Crippen molar-refractivity contribution in [1.82, 2.24) is 44.7 Å². The van der Waals surface area contributed by atoms with Gasteiger partial charge in [-0.2, -0.15) is 14.6 Å². The largest absolute Gasteiger partial charge is 0.484 e. The van der Waals surface area contributed by atoms with Crippen LogP contribution in [0.2, 0.25) is 0 Å². The van der Waals surface area contributed by atoms with E-state index in [2.05, 4.69) is 40.5 Å². The third kappa shape index (κ3) is 6.53. The van der Waals surface area contributed by atoms with Gasteiger partial charge in [0.15, 0.2) is 5.75 Å². The Morgan fingerprint density at radius 1 is 1.02 bits per heavy atom. The van der Waals surface area contributed by atoms with E-state index in [4.69, 9.17) is 9.72 Å². The molecule has 4 fully saturated rings. The number of nitrogens with one attached hydrogen (secondary N) is 4. The second-order valence-corrected chi connectivity index (χ2v) is 18.1. The molecule has 3 amide bonds. The molecular formula is C40H43N11O6S. The van der Waals surface area contributed by atoms with Crippen molar-refractivity contribution in [3.63, 3.8) is 0 Å². The third-order valence-corrected chi connectivity index (χ3v) is 14.1. The molecule has 1 unspecified atom stereocenters. The molecule has 3 aliphatic heterocycles. The number of aromatic nitrogens is 6. The monoisotopic (exact) mass is 805 g/mol. The maximum absolute atomic E-state index is 13.6. The molecule has 10 rings (SSSR count). The Balaban J connectivity index is 0.753. The van der Waals surface area contributed by atoms with Gasteiger partial charge in [-0.15, -0.1) is 5.10 Å². The predicted octanol–water partition coefficient (Wildman–Crippen LogP) is 3.99. The molecule has 17 nitrogen and oxygen atoms in total. The summed E-state index contributed by atoms with van der Waals surface area (Å²) in [5.41, 5.74) is 5.94. The number of amides is 3. The number of H-pyrrole nitrogens is 1. The Bertz CT molecular complexity index is 2570. The molecule has 4 N–H and O–H groups in total. The number of nitrogens with zero attached hydrogens (tertiary/aromatic N) is 7. The summed E-state index contributed by atoms with van der Waals surface area (Å²) in [6.07, 6.45) is 12.2. The van der Waals surface area contributed by atoms with Crippen molar-refractivity contribution < 1.29 is 27.5 Å². The topological polar surface area (TPSA) is 209 Å². The molecular weight excluding hydrogens is 763 g/mol. The highest BCUT2D eigenvalue weighted by Crippen LogP contribution is 2.50. The molecule has 2 saturated carbocycles. The number of hydrogen-bond acceptors (Lipinski definition) is 12. The van der Waals surface area contributed by atoms with Gasteiger partial charge in [-0.1, -0.05) is 0 Å². The smallest absolute Gasteiger partial charge is 0.255 e. The van der Waals surface area contributed by atoms with Crippen LogP contribution in [0.25, 0.3) is 16.9 Å². The number of piperidine rings is 2. The summed E-state index contributed by atoms with van der Waals surface area (Å²) in [5, 5.41) is 17.1. The quantitative estimate of drug-likeness (QED) is 0.148. The predicted molar refractivity (Wildman–Crippen MR) is 211 cm³/mol. The highest BCUT2D eigenvalue weighted by atomic mass is 32.2. The van der Waals surface area contributed by atoms with Gasteiger partial charge < -0.3 is 19.9 Å². The second-order valence-electron chi connectivity index (χ2n) is 16.3. The van der Waals surface area contributed by atoms with Gasteiger partial charge >= 0.3 is 0 Å². The van der Waals surface area contributed by atoms with Crippen molar-refractivity contribution >= 4 is 50.7 Å². The van der Waals surface area contributed by atoms with Crippen molar-refractivity contribution in [1.29, 1.82) is 0 Å². The summed E-state index contributed by atoms with van der Waals surface area (Å²) in [6.45, 7) is 3.85. The Morgan fingerprint density at radius 3 is 2.57 bits per heavy atom. The first-order valence-corrected chi connectivity index (χ1v) is 21.3. The van der Waals surface area contributed by atoms with Crippen molar-refractivity contribution in [2.24, 2.45) is 5.41 Å². The Morgan fingerprint density at radius 2 is 1.84 bits per heavy atom. The zero-order valence-corrected chi connectivity index (χ0v) is 32.7. The fourth-order valence-electron chi connectivity index (χ4n) is 9.06. The molecule has 18 heteroatoms. The average molecular weight is 806 g/mol. The van der Waals surface area contributed by atoms with E-state index >= 15 is 0 Å². The minimum Gasteiger partial charge on any atom is -0.484 e. The Hall–Kier alpha value is -5.88. The number of fused-ring (bicyclic) bond motifs is 2. The minimum atomic E-state index is -3.76. The molecule has 1 spiro atoms. The standard InChI is InChI=1S/C40H43N11O6S/c1-23-15-29(6-8-31(23)44-39-46-36-35(57-28-3-2-4-28)34(25-19-42-43-20-25)41-22-51(36)47-39)58(55,56)48-26-17-40(18-26)11-13-49(14-12-40)27-5-7-30-24(16-27)21-50(38(30)54)32-9-10-33(52)45-37(32)53/h5-8,15-16,19-20,22,26,28,32,48H,2-4,9-14,17-18,21H2,1H3,(H,42,43)(H,44,47)(H,45,52,53). The number of carbonyl (C=O) groups is 3. The van der Waals surface area contributed by atoms with Gasteiger partial charge in [0.1, 0.15) is 18.1 Å².